The van der Waals surface area contributed by atoms with Crippen molar-refractivity contribution in [2.75, 3.05) is 13.7 Å². The van der Waals surface area contributed by atoms with E-state index in [2.05, 4.69) is 0 Å². The van der Waals surface area contributed by atoms with Gasteiger partial charge in [0.25, 0.3) is 5.91 Å². The van der Waals surface area contributed by atoms with E-state index in [1.54, 1.807) is 7.05 Å². The van der Waals surface area contributed by atoms with Gasteiger partial charge in [-0.3, -0.25) is 4.79 Å². The van der Waals surface area contributed by atoms with E-state index in [1.165, 1.54) is 17.9 Å². The van der Waals surface area contributed by atoms with Crippen LogP contribution in [0.5, 0.6) is 0 Å². The lowest BCUT2D eigenvalue weighted by Gasteiger charge is -2.25. The van der Waals surface area contributed by atoms with Crippen LogP contribution in [0.25, 0.3) is 0 Å². The molecule has 0 radical (unpaired) electrons. The Morgan fingerprint density at radius 2 is 2.15 bits per heavy atom. The Balaban J connectivity index is 2.26. The summed E-state index contributed by atoms with van der Waals surface area (Å²) in [5.74, 6) is -0.307. The number of carbonyl (C=O) groups is 1. The topological polar surface area (TPSA) is 103 Å². The lowest BCUT2D eigenvalue weighted by Crippen LogP contribution is -2.40. The van der Waals surface area contributed by atoms with Crippen molar-refractivity contribution in [3.05, 3.63) is 17.6 Å². The zero-order chi connectivity index (χ0) is 15.1. The second-order valence-corrected chi connectivity index (χ2v) is 6.45. The Kier molecular flexibility index (Phi) is 3.90. The number of likely N-dealkylation sites (N-methyl/N-ethyl adjacent to an activating group) is 1. The molecule has 0 aliphatic carbocycles. The van der Waals surface area contributed by atoms with E-state index >= 15 is 0 Å². The Bertz CT molecular complexity index is 622. The van der Waals surface area contributed by atoms with Crippen molar-refractivity contribution in [3.8, 4) is 0 Å². The molecule has 1 fully saturated rings. The molecule has 2 rings (SSSR count). The quantitative estimate of drug-likeness (QED) is 0.875. The Morgan fingerprint density at radius 1 is 1.50 bits per heavy atom. The summed E-state index contributed by atoms with van der Waals surface area (Å²) in [5.41, 5.74) is 0. The summed E-state index contributed by atoms with van der Waals surface area (Å²) >= 11 is 0. The molecular formula is C12H18N2O5S. The maximum atomic E-state index is 12.3. The average Bonchev–Trinajstić information content (AvgIpc) is 2.92. The summed E-state index contributed by atoms with van der Waals surface area (Å²) in [7, 11) is -2.25. The first kappa shape index (κ1) is 15.0. The van der Waals surface area contributed by atoms with Gasteiger partial charge in [-0.1, -0.05) is 0 Å². The van der Waals surface area contributed by atoms with Crippen LogP contribution in [0.1, 0.15) is 29.7 Å². The molecule has 8 heteroatoms. The van der Waals surface area contributed by atoms with Crippen molar-refractivity contribution in [2.45, 2.75) is 37.3 Å². The molecule has 1 aromatic rings. The molecule has 1 aromatic heterocycles. The van der Waals surface area contributed by atoms with E-state index in [9.17, 15) is 13.2 Å². The van der Waals surface area contributed by atoms with Gasteiger partial charge >= 0.3 is 0 Å². The summed E-state index contributed by atoms with van der Waals surface area (Å²) in [4.78, 5) is 13.7. The van der Waals surface area contributed by atoms with Crippen LogP contribution in [0, 0.1) is 6.92 Å². The summed E-state index contributed by atoms with van der Waals surface area (Å²) in [6.07, 6.45) is 0.684. The van der Waals surface area contributed by atoms with E-state index in [1.807, 2.05) is 6.92 Å². The maximum Gasteiger partial charge on any atom is 0.289 e. The highest BCUT2D eigenvalue weighted by Crippen LogP contribution is 2.23. The molecule has 7 nitrogen and oxygen atoms in total. The third-order valence-electron chi connectivity index (χ3n) is 3.54. The minimum absolute atomic E-state index is 0.0341. The second-order valence-electron chi connectivity index (χ2n) is 4.92. The highest BCUT2D eigenvalue weighted by Gasteiger charge is 2.33. The number of primary sulfonamides is 1. The van der Waals surface area contributed by atoms with E-state index in [0.29, 0.717) is 6.61 Å². The van der Waals surface area contributed by atoms with Crippen LogP contribution in [-0.2, 0) is 14.8 Å². The monoisotopic (exact) mass is 302 g/mol. The van der Waals surface area contributed by atoms with Crippen molar-refractivity contribution in [2.24, 2.45) is 5.14 Å². The van der Waals surface area contributed by atoms with Crippen LogP contribution in [-0.4, -0.2) is 45.0 Å². The first-order valence-electron chi connectivity index (χ1n) is 6.24. The number of hydrogen-bond donors (Lipinski definition) is 1. The first-order chi connectivity index (χ1) is 9.21. The summed E-state index contributed by atoms with van der Waals surface area (Å²) in [6, 6.07) is 1.12. The summed E-state index contributed by atoms with van der Waals surface area (Å²) in [6.45, 7) is 3.95. The highest BCUT2D eigenvalue weighted by atomic mass is 32.2. The molecule has 2 N–H and O–H groups in total. The van der Waals surface area contributed by atoms with Crippen LogP contribution in [0.3, 0.4) is 0 Å². The van der Waals surface area contributed by atoms with Crippen molar-refractivity contribution in [1.29, 1.82) is 0 Å². The zero-order valence-corrected chi connectivity index (χ0v) is 12.4. The molecule has 1 aliphatic heterocycles. The van der Waals surface area contributed by atoms with Crippen LogP contribution in [0.2, 0.25) is 0 Å². The molecule has 20 heavy (non-hydrogen) atoms. The summed E-state index contributed by atoms with van der Waals surface area (Å²) < 4.78 is 33.3. The van der Waals surface area contributed by atoms with Crippen molar-refractivity contribution < 1.29 is 22.4 Å². The Morgan fingerprint density at radius 3 is 2.60 bits per heavy atom. The highest BCUT2D eigenvalue weighted by molar-refractivity contribution is 7.89. The molecule has 1 saturated heterocycles. The van der Waals surface area contributed by atoms with Gasteiger partial charge in [0.15, 0.2) is 5.76 Å². The number of nitrogens with two attached hydrogens (primary N) is 1. The number of carbonyl (C=O) groups excluding carboxylic acids is 1. The van der Waals surface area contributed by atoms with Crippen LogP contribution < -0.4 is 5.14 Å². The summed E-state index contributed by atoms with van der Waals surface area (Å²) in [5, 5.41) is 5.06. The Labute approximate surface area is 117 Å². The predicted molar refractivity (Wildman–Crippen MR) is 70.7 cm³/mol. The number of nitrogens with zero attached hydrogens (tertiary/aromatic N) is 1. The number of furan rings is 1. The van der Waals surface area contributed by atoms with E-state index in [0.717, 1.165) is 6.42 Å². The fourth-order valence-electron chi connectivity index (χ4n) is 2.41. The Hall–Kier alpha value is -1.38. The fraction of sp³-hybridized carbons (Fsp3) is 0.583. The van der Waals surface area contributed by atoms with Crippen LogP contribution in [0.15, 0.2) is 15.4 Å². The van der Waals surface area contributed by atoms with Crippen molar-refractivity contribution >= 4 is 15.9 Å². The number of sulfonamides is 1. The minimum atomic E-state index is -3.89. The maximum absolute atomic E-state index is 12.3. The molecule has 0 spiro atoms. The van der Waals surface area contributed by atoms with Gasteiger partial charge in [-0.15, -0.1) is 0 Å². The second kappa shape index (κ2) is 5.19. The number of amides is 1. The molecule has 0 aromatic carbocycles. The largest absolute Gasteiger partial charge is 0.455 e. The van der Waals surface area contributed by atoms with Gasteiger partial charge in [-0.05, 0) is 20.3 Å². The van der Waals surface area contributed by atoms with Crippen LogP contribution >= 0.6 is 0 Å². The normalized spacial score (nSPS) is 23.0. The number of rotatable bonds is 3. The van der Waals surface area contributed by atoms with Gasteiger partial charge in [0.05, 0.1) is 12.1 Å². The third kappa shape index (κ3) is 2.72. The number of aryl methyl sites for hydroxylation is 1. The van der Waals surface area contributed by atoms with Crippen molar-refractivity contribution in [3.63, 3.8) is 0 Å². The molecule has 2 atom stereocenters. The average molecular weight is 302 g/mol. The molecule has 0 bridgehead atoms. The van der Waals surface area contributed by atoms with Gasteiger partial charge < -0.3 is 14.1 Å². The van der Waals surface area contributed by atoms with Gasteiger partial charge in [0.2, 0.25) is 10.0 Å². The smallest absolute Gasteiger partial charge is 0.289 e. The molecule has 2 unspecified atom stereocenters. The zero-order valence-electron chi connectivity index (χ0n) is 11.6. The SMILES string of the molecule is Cc1oc(C(=O)N(C)C2CCOC2C)cc1S(N)(=O)=O. The molecule has 112 valence electrons. The predicted octanol–water partition coefficient (Wildman–Crippen LogP) is 0.485. The molecule has 1 aliphatic rings. The first-order valence-corrected chi connectivity index (χ1v) is 7.78. The van der Waals surface area contributed by atoms with E-state index in [4.69, 9.17) is 14.3 Å². The van der Waals surface area contributed by atoms with Gasteiger partial charge in [0, 0.05) is 19.7 Å². The third-order valence-corrected chi connectivity index (χ3v) is 4.56. The molecular weight excluding hydrogens is 284 g/mol. The van der Waals surface area contributed by atoms with E-state index in [-0.39, 0.29) is 34.5 Å². The number of hydrogen-bond acceptors (Lipinski definition) is 5. The molecule has 2 heterocycles. The van der Waals surface area contributed by atoms with E-state index < -0.39 is 10.0 Å². The lowest BCUT2D eigenvalue weighted by atomic mass is 10.1. The van der Waals surface area contributed by atoms with Gasteiger partial charge in [-0.2, -0.15) is 0 Å². The molecule has 1 amide bonds. The minimum Gasteiger partial charge on any atom is -0.455 e. The standard InChI is InChI=1S/C12H18N2O5S/c1-7-9(4-5-18-7)14(3)12(15)10-6-11(8(2)19-10)20(13,16)17/h6-7,9H,4-5H2,1-3H3,(H2,13,16,17). The van der Waals surface area contributed by atoms with Crippen LogP contribution in [0.4, 0.5) is 0 Å². The van der Waals surface area contributed by atoms with Crippen molar-refractivity contribution in [1.82, 2.24) is 4.90 Å². The molecule has 0 saturated carbocycles. The number of ether oxygens (including phenoxy) is 1. The fourth-order valence-corrected chi connectivity index (χ4v) is 3.12. The lowest BCUT2D eigenvalue weighted by molar-refractivity contribution is 0.0548. The van der Waals surface area contributed by atoms with Gasteiger partial charge in [0.1, 0.15) is 10.7 Å². The van der Waals surface area contributed by atoms with Gasteiger partial charge in [-0.25, -0.2) is 13.6 Å².